The number of nitrogens with one attached hydrogen (secondary N) is 1. The molecule has 1 N–H and O–H groups in total. The van der Waals surface area contributed by atoms with Gasteiger partial charge in [0.25, 0.3) is 0 Å². The van der Waals surface area contributed by atoms with Gasteiger partial charge in [0.15, 0.2) is 22.8 Å². The predicted molar refractivity (Wildman–Crippen MR) is 87.5 cm³/mol. The first kappa shape index (κ1) is 15.9. The Balaban J connectivity index is 2.04. The largest absolute Gasteiger partial charge is 0.421 e. The van der Waals surface area contributed by atoms with Crippen LogP contribution in [0.3, 0.4) is 0 Å². The first-order valence-electron chi connectivity index (χ1n) is 7.64. The summed E-state index contributed by atoms with van der Waals surface area (Å²) >= 11 is 0. The van der Waals surface area contributed by atoms with E-state index in [0.29, 0.717) is 40.2 Å². The highest BCUT2D eigenvalue weighted by atomic mass is 16.4. The minimum absolute atomic E-state index is 0.0905. The van der Waals surface area contributed by atoms with Gasteiger partial charge in [-0.1, -0.05) is 6.92 Å². The van der Waals surface area contributed by atoms with Crippen LogP contribution in [-0.2, 0) is 13.0 Å². The molecule has 7 nitrogen and oxygen atoms in total. The number of hydrogen-bond donors (Lipinski definition) is 1. The molecular formula is C17H17N3O4. The Morgan fingerprint density at radius 1 is 1.38 bits per heavy atom. The van der Waals surface area contributed by atoms with Gasteiger partial charge >= 0.3 is 5.76 Å². The number of carbonyl (C=O) groups excluding carboxylic acids is 2. The summed E-state index contributed by atoms with van der Waals surface area (Å²) in [6, 6.07) is 3.27. The van der Waals surface area contributed by atoms with Crippen molar-refractivity contribution < 1.29 is 14.0 Å². The number of oxazole rings is 1. The number of aryl methyl sites for hydroxylation is 1. The SMILES string of the molecule is CCc1c(C(=O)Cn2c(=O)oc3cccnc32)[nH]c(C)c1C(C)=O. The Morgan fingerprint density at radius 3 is 2.79 bits per heavy atom. The Labute approximate surface area is 137 Å². The van der Waals surface area contributed by atoms with Crippen LogP contribution >= 0.6 is 0 Å². The predicted octanol–water partition coefficient (Wildman–Crippen LogP) is 2.27. The molecule has 0 aromatic carbocycles. The third kappa shape index (κ3) is 2.47. The molecule has 0 aliphatic rings. The maximum absolute atomic E-state index is 12.7. The first-order chi connectivity index (χ1) is 11.4. The Bertz CT molecular complexity index is 1010. The topological polar surface area (TPSA) is 98.0 Å². The number of aromatic amines is 1. The molecule has 0 amide bonds. The number of H-pyrrole nitrogens is 1. The van der Waals surface area contributed by atoms with Crippen LogP contribution in [0.2, 0.25) is 0 Å². The monoisotopic (exact) mass is 327 g/mol. The third-order valence-electron chi connectivity index (χ3n) is 4.00. The quantitative estimate of drug-likeness (QED) is 0.725. The maximum atomic E-state index is 12.7. The Morgan fingerprint density at radius 2 is 2.12 bits per heavy atom. The molecule has 3 aromatic rings. The molecule has 0 atom stereocenters. The average Bonchev–Trinajstić information content (AvgIpc) is 3.04. The van der Waals surface area contributed by atoms with Gasteiger partial charge in [0, 0.05) is 17.5 Å². The molecule has 0 saturated carbocycles. The lowest BCUT2D eigenvalue weighted by molar-refractivity contribution is 0.0965. The van der Waals surface area contributed by atoms with Crippen molar-refractivity contribution in [3.8, 4) is 0 Å². The van der Waals surface area contributed by atoms with E-state index in [4.69, 9.17) is 4.42 Å². The van der Waals surface area contributed by atoms with Crippen molar-refractivity contribution in [2.75, 3.05) is 0 Å². The number of fused-ring (bicyclic) bond motifs is 1. The lowest BCUT2D eigenvalue weighted by Gasteiger charge is -2.03. The molecule has 0 fully saturated rings. The summed E-state index contributed by atoms with van der Waals surface area (Å²) in [6.45, 7) is 4.91. The van der Waals surface area contributed by atoms with E-state index in [1.165, 1.54) is 17.7 Å². The number of rotatable bonds is 5. The van der Waals surface area contributed by atoms with Crippen LogP contribution in [0.1, 0.15) is 46.0 Å². The van der Waals surface area contributed by atoms with Gasteiger partial charge in [0.2, 0.25) is 0 Å². The number of hydrogen-bond acceptors (Lipinski definition) is 5. The van der Waals surface area contributed by atoms with Gasteiger partial charge in [-0.3, -0.25) is 14.2 Å². The second kappa shape index (κ2) is 5.92. The van der Waals surface area contributed by atoms with Crippen LogP contribution in [0, 0.1) is 6.92 Å². The van der Waals surface area contributed by atoms with Gasteiger partial charge in [-0.15, -0.1) is 0 Å². The molecule has 0 saturated heterocycles. The summed E-state index contributed by atoms with van der Waals surface area (Å²) in [5.74, 6) is -1.02. The fourth-order valence-corrected chi connectivity index (χ4v) is 3.01. The van der Waals surface area contributed by atoms with Crippen LogP contribution in [0.4, 0.5) is 0 Å². The number of nitrogens with zero attached hydrogens (tertiary/aromatic N) is 2. The molecule has 3 aromatic heterocycles. The normalized spacial score (nSPS) is 11.1. The molecule has 0 unspecified atom stereocenters. The zero-order chi connectivity index (χ0) is 17.4. The van der Waals surface area contributed by atoms with E-state index < -0.39 is 5.76 Å². The van der Waals surface area contributed by atoms with E-state index in [9.17, 15) is 14.4 Å². The van der Waals surface area contributed by atoms with Crippen molar-refractivity contribution in [1.82, 2.24) is 14.5 Å². The van der Waals surface area contributed by atoms with Crippen molar-refractivity contribution in [3.63, 3.8) is 0 Å². The van der Waals surface area contributed by atoms with Crippen molar-refractivity contribution in [3.05, 3.63) is 51.4 Å². The first-order valence-corrected chi connectivity index (χ1v) is 7.64. The van der Waals surface area contributed by atoms with Crippen LogP contribution < -0.4 is 5.76 Å². The molecule has 0 radical (unpaired) electrons. The van der Waals surface area contributed by atoms with Gasteiger partial charge in [-0.2, -0.15) is 0 Å². The number of carbonyl (C=O) groups is 2. The summed E-state index contributed by atoms with van der Waals surface area (Å²) in [5, 5.41) is 0. The van der Waals surface area contributed by atoms with E-state index in [1.54, 1.807) is 19.1 Å². The summed E-state index contributed by atoms with van der Waals surface area (Å²) in [6.07, 6.45) is 2.07. The van der Waals surface area contributed by atoms with Crippen molar-refractivity contribution in [2.24, 2.45) is 0 Å². The highest BCUT2D eigenvalue weighted by Crippen LogP contribution is 2.21. The van der Waals surface area contributed by atoms with E-state index in [2.05, 4.69) is 9.97 Å². The van der Waals surface area contributed by atoms with Crippen molar-refractivity contribution >= 4 is 22.8 Å². The molecule has 0 aliphatic carbocycles. The van der Waals surface area contributed by atoms with E-state index in [0.717, 1.165) is 0 Å². The van der Waals surface area contributed by atoms with Gasteiger partial charge in [0.1, 0.15) is 0 Å². The summed E-state index contributed by atoms with van der Waals surface area (Å²) in [4.78, 5) is 43.6. The third-order valence-corrected chi connectivity index (χ3v) is 4.00. The second-order valence-electron chi connectivity index (χ2n) is 5.59. The van der Waals surface area contributed by atoms with Crippen LogP contribution in [0.5, 0.6) is 0 Å². The number of Topliss-reactive ketones (excluding diaryl/α,β-unsaturated/α-hetero) is 2. The number of pyridine rings is 1. The molecule has 3 heterocycles. The van der Waals surface area contributed by atoms with Gasteiger partial charge < -0.3 is 9.40 Å². The average molecular weight is 327 g/mol. The van der Waals surface area contributed by atoms with Crippen LogP contribution in [0.15, 0.2) is 27.5 Å². The fraction of sp³-hybridized carbons (Fsp3) is 0.294. The molecule has 7 heteroatoms. The molecule has 0 bridgehead atoms. The molecule has 3 rings (SSSR count). The van der Waals surface area contributed by atoms with Crippen molar-refractivity contribution in [2.45, 2.75) is 33.7 Å². The van der Waals surface area contributed by atoms with Gasteiger partial charge in [-0.05, 0) is 38.0 Å². The van der Waals surface area contributed by atoms with Crippen molar-refractivity contribution in [1.29, 1.82) is 0 Å². The molecular weight excluding hydrogens is 310 g/mol. The smallest absolute Gasteiger partial charge is 0.406 e. The minimum atomic E-state index is -0.634. The number of ketones is 2. The van der Waals surface area contributed by atoms with Gasteiger partial charge in [-0.25, -0.2) is 9.78 Å². The number of aromatic nitrogens is 3. The van der Waals surface area contributed by atoms with Gasteiger partial charge in [0.05, 0.1) is 12.2 Å². The zero-order valence-corrected chi connectivity index (χ0v) is 13.7. The molecule has 0 spiro atoms. The molecule has 0 aliphatic heterocycles. The summed E-state index contributed by atoms with van der Waals surface area (Å²) < 4.78 is 6.28. The lowest BCUT2D eigenvalue weighted by Crippen LogP contribution is -2.21. The summed E-state index contributed by atoms with van der Waals surface area (Å²) in [5.41, 5.74) is 2.90. The second-order valence-corrected chi connectivity index (χ2v) is 5.59. The Hall–Kier alpha value is -2.96. The maximum Gasteiger partial charge on any atom is 0.421 e. The molecule has 24 heavy (non-hydrogen) atoms. The highest BCUT2D eigenvalue weighted by molar-refractivity contribution is 6.03. The highest BCUT2D eigenvalue weighted by Gasteiger charge is 2.23. The fourth-order valence-electron chi connectivity index (χ4n) is 3.01. The molecule has 124 valence electrons. The van der Waals surface area contributed by atoms with Crippen LogP contribution in [0.25, 0.3) is 11.2 Å². The zero-order valence-electron chi connectivity index (χ0n) is 13.7. The van der Waals surface area contributed by atoms with E-state index in [1.807, 2.05) is 6.92 Å². The van der Waals surface area contributed by atoms with Crippen LogP contribution in [-0.4, -0.2) is 26.1 Å². The lowest BCUT2D eigenvalue weighted by atomic mass is 10.0. The van der Waals surface area contributed by atoms with E-state index in [-0.39, 0.29) is 18.1 Å². The Kier molecular flexibility index (Phi) is 3.92. The summed E-state index contributed by atoms with van der Waals surface area (Å²) in [7, 11) is 0. The van der Waals surface area contributed by atoms with E-state index >= 15 is 0 Å². The standard InChI is InChI=1S/C17H17N3O4/c1-4-11-14(10(3)21)9(2)19-15(11)12(22)8-20-16-13(24-17(20)23)6-5-7-18-16/h5-7,19H,4,8H2,1-3H3. The minimum Gasteiger partial charge on any atom is -0.406 e.